The predicted molar refractivity (Wildman–Crippen MR) is 80.6 cm³/mol. The maximum Gasteiger partial charge on any atom is 0.114 e. The van der Waals surface area contributed by atoms with Gasteiger partial charge in [-0.15, -0.1) is 11.3 Å². The van der Waals surface area contributed by atoms with E-state index in [9.17, 15) is 0 Å². The molecule has 2 unspecified atom stereocenters. The van der Waals surface area contributed by atoms with Gasteiger partial charge in [0.15, 0.2) is 0 Å². The first-order chi connectivity index (χ1) is 8.63. The number of hydrogen-bond donors (Lipinski definition) is 1. The van der Waals surface area contributed by atoms with Crippen molar-refractivity contribution in [2.45, 2.75) is 63.3 Å². The van der Waals surface area contributed by atoms with Crippen molar-refractivity contribution >= 4 is 23.1 Å². The van der Waals surface area contributed by atoms with Gasteiger partial charge in [-0.2, -0.15) is 11.8 Å². The fourth-order valence-electron chi connectivity index (χ4n) is 2.78. The van der Waals surface area contributed by atoms with Crippen molar-refractivity contribution in [3.05, 3.63) is 15.6 Å². The second kappa shape index (κ2) is 4.80. The van der Waals surface area contributed by atoms with Crippen molar-refractivity contribution in [1.82, 2.24) is 10.3 Å². The third-order valence-electron chi connectivity index (χ3n) is 3.94. The molecule has 0 aromatic carbocycles. The first-order valence-electron chi connectivity index (χ1n) is 6.99. The molecule has 0 spiro atoms. The molecule has 100 valence electrons. The van der Waals surface area contributed by atoms with Crippen LogP contribution in [0, 0.1) is 6.92 Å². The molecular formula is C14H22N2S2. The van der Waals surface area contributed by atoms with E-state index in [0.29, 0.717) is 0 Å². The summed E-state index contributed by atoms with van der Waals surface area (Å²) < 4.78 is 0. The van der Waals surface area contributed by atoms with E-state index in [1.165, 1.54) is 40.6 Å². The highest BCUT2D eigenvalue weighted by Crippen LogP contribution is 2.45. The van der Waals surface area contributed by atoms with Crippen LogP contribution >= 0.6 is 23.1 Å². The molecule has 1 aromatic heterocycles. The summed E-state index contributed by atoms with van der Waals surface area (Å²) in [5.74, 6) is 1.20. The second-order valence-electron chi connectivity index (χ2n) is 5.70. The Labute approximate surface area is 118 Å². The largest absolute Gasteiger partial charge is 0.302 e. The average molecular weight is 282 g/mol. The number of aryl methyl sites for hydroxylation is 2. The Morgan fingerprint density at radius 3 is 2.72 bits per heavy atom. The lowest BCUT2D eigenvalue weighted by Crippen LogP contribution is -2.44. The summed E-state index contributed by atoms with van der Waals surface area (Å²) >= 11 is 4.02. The standard InChI is InChI=1S/C14H22N2S2/c1-4-12-10(3)18-13(15-12)14(16-11-5-6-11)7-9(2)17-8-14/h9,11,16H,4-8H2,1-3H3. The van der Waals surface area contributed by atoms with E-state index < -0.39 is 0 Å². The molecule has 2 aliphatic rings. The maximum atomic E-state index is 4.94. The van der Waals surface area contributed by atoms with Gasteiger partial charge in [-0.1, -0.05) is 13.8 Å². The highest BCUT2D eigenvalue weighted by Gasteiger charge is 2.45. The molecule has 2 nitrogen and oxygen atoms in total. The van der Waals surface area contributed by atoms with Crippen LogP contribution in [0.15, 0.2) is 0 Å². The van der Waals surface area contributed by atoms with Gasteiger partial charge in [-0.3, -0.25) is 0 Å². The number of nitrogens with zero attached hydrogens (tertiary/aromatic N) is 1. The van der Waals surface area contributed by atoms with Crippen LogP contribution in [0.1, 0.15) is 48.7 Å². The van der Waals surface area contributed by atoms with Gasteiger partial charge in [0.1, 0.15) is 5.01 Å². The molecule has 4 heteroatoms. The Bertz CT molecular complexity index is 439. The molecule has 18 heavy (non-hydrogen) atoms. The summed E-state index contributed by atoms with van der Waals surface area (Å²) in [4.78, 5) is 6.35. The van der Waals surface area contributed by atoms with Crippen molar-refractivity contribution in [2.75, 3.05) is 5.75 Å². The highest BCUT2D eigenvalue weighted by molar-refractivity contribution is 8.00. The van der Waals surface area contributed by atoms with Gasteiger partial charge in [-0.25, -0.2) is 4.98 Å². The Morgan fingerprint density at radius 1 is 1.44 bits per heavy atom. The van der Waals surface area contributed by atoms with Gasteiger partial charge in [0.2, 0.25) is 0 Å². The Morgan fingerprint density at radius 2 is 2.22 bits per heavy atom. The summed E-state index contributed by atoms with van der Waals surface area (Å²) in [6, 6.07) is 0.755. The van der Waals surface area contributed by atoms with E-state index in [1.807, 2.05) is 11.3 Å². The third kappa shape index (κ3) is 2.35. The number of nitrogens with one attached hydrogen (secondary N) is 1. The average Bonchev–Trinajstić information content (AvgIpc) is 2.94. The van der Waals surface area contributed by atoms with Crippen LogP contribution in [0.5, 0.6) is 0 Å². The van der Waals surface area contributed by atoms with Gasteiger partial charge in [0.25, 0.3) is 0 Å². The summed E-state index contributed by atoms with van der Waals surface area (Å²) in [5, 5.41) is 6.01. The Balaban J connectivity index is 1.91. The summed E-state index contributed by atoms with van der Waals surface area (Å²) in [6.45, 7) is 6.78. The fraction of sp³-hybridized carbons (Fsp3) is 0.786. The third-order valence-corrected chi connectivity index (χ3v) is 6.56. The van der Waals surface area contributed by atoms with Crippen LogP contribution in [0.4, 0.5) is 0 Å². The molecule has 2 fully saturated rings. The second-order valence-corrected chi connectivity index (χ2v) is 8.33. The topological polar surface area (TPSA) is 24.9 Å². The smallest absolute Gasteiger partial charge is 0.114 e. The van der Waals surface area contributed by atoms with Crippen LogP contribution in [0.3, 0.4) is 0 Å². The lowest BCUT2D eigenvalue weighted by molar-refractivity contribution is 0.357. The Kier molecular flexibility index (Phi) is 3.45. The number of thioether (sulfide) groups is 1. The molecule has 1 saturated heterocycles. The van der Waals surface area contributed by atoms with Crippen molar-refractivity contribution in [3.63, 3.8) is 0 Å². The molecule has 1 aliphatic heterocycles. The van der Waals surface area contributed by atoms with Crippen molar-refractivity contribution in [1.29, 1.82) is 0 Å². The van der Waals surface area contributed by atoms with Crippen LogP contribution < -0.4 is 5.32 Å². The lowest BCUT2D eigenvalue weighted by atomic mass is 9.96. The molecule has 2 atom stereocenters. The first-order valence-corrected chi connectivity index (χ1v) is 8.85. The van der Waals surface area contributed by atoms with E-state index in [0.717, 1.165) is 17.7 Å². The Hall–Kier alpha value is -0.0600. The van der Waals surface area contributed by atoms with Gasteiger partial charge < -0.3 is 5.32 Å². The minimum Gasteiger partial charge on any atom is -0.302 e. The zero-order valence-electron chi connectivity index (χ0n) is 11.5. The number of hydrogen-bond acceptors (Lipinski definition) is 4. The van der Waals surface area contributed by atoms with Crippen molar-refractivity contribution in [3.8, 4) is 0 Å². The molecule has 1 N–H and O–H groups in total. The van der Waals surface area contributed by atoms with Crippen LogP contribution in [-0.4, -0.2) is 22.0 Å². The molecule has 1 aliphatic carbocycles. The molecule has 3 rings (SSSR count). The molecule has 0 radical (unpaired) electrons. The SMILES string of the molecule is CCc1nc(C2(NC3CC3)CSC(C)C2)sc1C. The molecule has 1 aromatic rings. The predicted octanol–water partition coefficient (Wildman–Crippen LogP) is 3.49. The summed E-state index contributed by atoms with van der Waals surface area (Å²) in [5.41, 5.74) is 1.48. The van der Waals surface area contributed by atoms with E-state index in [-0.39, 0.29) is 5.54 Å². The molecule has 0 bridgehead atoms. The molecule has 0 amide bonds. The van der Waals surface area contributed by atoms with Crippen LogP contribution in [0.25, 0.3) is 0 Å². The molecular weight excluding hydrogens is 260 g/mol. The van der Waals surface area contributed by atoms with Crippen molar-refractivity contribution < 1.29 is 0 Å². The van der Waals surface area contributed by atoms with E-state index in [1.54, 1.807) is 0 Å². The van der Waals surface area contributed by atoms with E-state index >= 15 is 0 Å². The monoisotopic (exact) mass is 282 g/mol. The van der Waals surface area contributed by atoms with E-state index in [2.05, 4.69) is 37.8 Å². The van der Waals surface area contributed by atoms with Crippen LogP contribution in [-0.2, 0) is 12.0 Å². The van der Waals surface area contributed by atoms with Gasteiger partial charge >= 0.3 is 0 Å². The molecule has 2 heterocycles. The number of thiazole rings is 1. The fourth-order valence-corrected chi connectivity index (χ4v) is 5.35. The lowest BCUT2D eigenvalue weighted by Gasteiger charge is -2.28. The molecule has 1 saturated carbocycles. The minimum atomic E-state index is 0.175. The summed E-state index contributed by atoms with van der Waals surface area (Å²) in [7, 11) is 0. The minimum absolute atomic E-state index is 0.175. The zero-order valence-corrected chi connectivity index (χ0v) is 13.1. The summed E-state index contributed by atoms with van der Waals surface area (Å²) in [6.07, 6.45) is 5.01. The maximum absolute atomic E-state index is 4.94. The number of rotatable bonds is 4. The normalized spacial score (nSPS) is 32.1. The van der Waals surface area contributed by atoms with E-state index in [4.69, 9.17) is 4.98 Å². The quantitative estimate of drug-likeness (QED) is 0.915. The van der Waals surface area contributed by atoms with Crippen LogP contribution in [0.2, 0.25) is 0 Å². The first kappa shape index (κ1) is 12.9. The zero-order chi connectivity index (χ0) is 12.8. The van der Waals surface area contributed by atoms with Gasteiger partial charge in [0.05, 0.1) is 11.2 Å². The van der Waals surface area contributed by atoms with Gasteiger partial charge in [0, 0.05) is 21.9 Å². The van der Waals surface area contributed by atoms with Gasteiger partial charge in [-0.05, 0) is 32.6 Å². The number of aromatic nitrogens is 1. The highest BCUT2D eigenvalue weighted by atomic mass is 32.2. The van der Waals surface area contributed by atoms with Crippen molar-refractivity contribution in [2.24, 2.45) is 0 Å².